The average Bonchev–Trinajstić information content (AvgIpc) is 2.40. The van der Waals surface area contributed by atoms with Gasteiger partial charge in [-0.2, -0.15) is 0 Å². The van der Waals surface area contributed by atoms with Crippen molar-refractivity contribution in [1.29, 1.82) is 0 Å². The van der Waals surface area contributed by atoms with Crippen LogP contribution in [0.2, 0.25) is 5.02 Å². The maximum absolute atomic E-state index is 6.62. The Morgan fingerprint density at radius 3 is 2.35 bits per heavy atom. The van der Waals surface area contributed by atoms with Gasteiger partial charge in [-0.05, 0) is 42.3 Å². The summed E-state index contributed by atoms with van der Waals surface area (Å²) < 4.78 is 7.32. The first-order valence-corrected chi connectivity index (χ1v) is 8.27. The molecule has 0 aromatic heterocycles. The number of benzene rings is 2. The minimum absolute atomic E-state index is 0.325. The molecular weight excluding hydrogens is 427 g/mol. The molecule has 20 heavy (non-hydrogen) atoms. The van der Waals surface area contributed by atoms with Crippen molar-refractivity contribution in [3.63, 3.8) is 0 Å². The van der Waals surface area contributed by atoms with Crippen LogP contribution in [0, 0.1) is 6.92 Å². The fourth-order valence-electron chi connectivity index (χ4n) is 1.92. The van der Waals surface area contributed by atoms with E-state index in [2.05, 4.69) is 31.9 Å². The molecule has 0 spiro atoms. The van der Waals surface area contributed by atoms with Gasteiger partial charge in [-0.25, -0.2) is 0 Å². The predicted molar refractivity (Wildman–Crippen MR) is 92.3 cm³/mol. The molecule has 0 saturated heterocycles. The third-order valence-electron chi connectivity index (χ3n) is 3.02. The molecule has 1 atom stereocenters. The summed E-state index contributed by atoms with van der Waals surface area (Å²) in [5, 5.41) is 0.343. The minimum atomic E-state index is -0.325. The van der Waals surface area contributed by atoms with Crippen LogP contribution in [0.15, 0.2) is 39.3 Å². The lowest BCUT2D eigenvalue weighted by atomic mass is 10.0. The van der Waals surface area contributed by atoms with Crippen molar-refractivity contribution in [1.82, 2.24) is 0 Å². The Labute approximate surface area is 145 Å². The van der Waals surface area contributed by atoms with Crippen LogP contribution in [0.4, 0.5) is 0 Å². The van der Waals surface area contributed by atoms with Crippen LogP contribution in [0.3, 0.4) is 0 Å². The van der Waals surface area contributed by atoms with Crippen LogP contribution in [0.25, 0.3) is 0 Å². The first-order valence-electron chi connectivity index (χ1n) is 5.87. The Kier molecular flexibility index (Phi) is 5.41. The van der Waals surface area contributed by atoms with E-state index in [0.29, 0.717) is 5.02 Å². The molecule has 106 valence electrons. The number of hydrogen-bond acceptors (Lipinski definition) is 1. The first kappa shape index (κ1) is 16.2. The molecule has 2 rings (SSSR count). The Morgan fingerprint density at radius 1 is 1.05 bits per heavy atom. The van der Waals surface area contributed by atoms with Crippen LogP contribution in [0.5, 0.6) is 5.75 Å². The third kappa shape index (κ3) is 3.33. The summed E-state index contributed by atoms with van der Waals surface area (Å²) in [5.41, 5.74) is 2.96. The molecular formula is C15H12Br2Cl2O. The lowest BCUT2D eigenvalue weighted by molar-refractivity contribution is 0.409. The van der Waals surface area contributed by atoms with E-state index >= 15 is 0 Å². The summed E-state index contributed by atoms with van der Waals surface area (Å²) >= 11 is 19.6. The molecule has 0 aliphatic carbocycles. The lowest BCUT2D eigenvalue weighted by Gasteiger charge is -2.17. The fraction of sp³-hybridized carbons (Fsp3) is 0.200. The van der Waals surface area contributed by atoms with Crippen molar-refractivity contribution >= 4 is 55.1 Å². The first-order chi connectivity index (χ1) is 9.43. The number of aryl methyl sites for hydroxylation is 1. The van der Waals surface area contributed by atoms with E-state index < -0.39 is 0 Å². The van der Waals surface area contributed by atoms with Gasteiger partial charge in [0, 0.05) is 19.5 Å². The van der Waals surface area contributed by atoms with Gasteiger partial charge in [0.25, 0.3) is 0 Å². The molecule has 0 aliphatic rings. The SMILES string of the molecule is COc1cc(C)c(Br)cc1C(Cl)c1ccc(Cl)cc1Br. The number of methoxy groups -OCH3 is 1. The molecule has 0 saturated carbocycles. The monoisotopic (exact) mass is 436 g/mol. The zero-order valence-corrected chi connectivity index (χ0v) is 15.6. The van der Waals surface area contributed by atoms with Gasteiger partial charge in [-0.1, -0.05) is 49.5 Å². The van der Waals surface area contributed by atoms with E-state index in [0.717, 1.165) is 31.4 Å². The molecule has 0 heterocycles. The zero-order valence-electron chi connectivity index (χ0n) is 10.9. The van der Waals surface area contributed by atoms with Gasteiger partial charge >= 0.3 is 0 Å². The van der Waals surface area contributed by atoms with Crippen LogP contribution >= 0.6 is 55.1 Å². The normalized spacial score (nSPS) is 12.3. The molecule has 0 N–H and O–H groups in total. The van der Waals surface area contributed by atoms with Crippen molar-refractivity contribution in [2.75, 3.05) is 7.11 Å². The number of ether oxygens (including phenoxy) is 1. The fourth-order valence-corrected chi connectivity index (χ4v) is 3.69. The van der Waals surface area contributed by atoms with Crippen LogP contribution < -0.4 is 4.74 Å². The number of rotatable bonds is 3. The molecule has 0 fully saturated rings. The highest BCUT2D eigenvalue weighted by molar-refractivity contribution is 9.10. The van der Waals surface area contributed by atoms with Crippen molar-refractivity contribution < 1.29 is 4.74 Å². The summed E-state index contributed by atoms with van der Waals surface area (Å²) in [6.07, 6.45) is 0. The van der Waals surface area contributed by atoms with E-state index in [4.69, 9.17) is 27.9 Å². The Morgan fingerprint density at radius 2 is 1.75 bits per heavy atom. The molecule has 0 amide bonds. The summed E-state index contributed by atoms with van der Waals surface area (Å²) in [5.74, 6) is 0.771. The van der Waals surface area contributed by atoms with E-state index in [9.17, 15) is 0 Å². The number of alkyl halides is 1. The second-order valence-electron chi connectivity index (χ2n) is 4.37. The van der Waals surface area contributed by atoms with Gasteiger partial charge in [-0.15, -0.1) is 11.6 Å². The van der Waals surface area contributed by atoms with Crippen molar-refractivity contribution in [3.8, 4) is 5.75 Å². The van der Waals surface area contributed by atoms with Crippen molar-refractivity contribution in [2.45, 2.75) is 12.3 Å². The molecule has 1 nitrogen and oxygen atoms in total. The summed E-state index contributed by atoms with van der Waals surface area (Å²) in [6, 6.07) is 9.54. The van der Waals surface area contributed by atoms with Gasteiger partial charge in [0.15, 0.2) is 0 Å². The van der Waals surface area contributed by atoms with E-state index in [1.54, 1.807) is 7.11 Å². The molecule has 5 heteroatoms. The average molecular weight is 439 g/mol. The van der Waals surface area contributed by atoms with Crippen molar-refractivity contribution in [3.05, 3.63) is 61.0 Å². The second kappa shape index (κ2) is 6.69. The van der Waals surface area contributed by atoms with Crippen molar-refractivity contribution in [2.24, 2.45) is 0 Å². The standard InChI is InChI=1S/C15H12Br2Cl2O/c1-8-5-14(20-2)11(7-12(8)16)15(19)10-4-3-9(18)6-13(10)17/h3-7,15H,1-2H3. The minimum Gasteiger partial charge on any atom is -0.496 e. The highest BCUT2D eigenvalue weighted by Gasteiger charge is 2.19. The molecule has 0 radical (unpaired) electrons. The van der Waals surface area contributed by atoms with Crippen LogP contribution in [0.1, 0.15) is 22.1 Å². The molecule has 0 aliphatic heterocycles. The zero-order chi connectivity index (χ0) is 14.9. The number of hydrogen-bond donors (Lipinski definition) is 0. The van der Waals surface area contributed by atoms with E-state index in [1.165, 1.54) is 0 Å². The van der Waals surface area contributed by atoms with Crippen LogP contribution in [-0.2, 0) is 0 Å². The van der Waals surface area contributed by atoms with E-state index in [-0.39, 0.29) is 5.38 Å². The topological polar surface area (TPSA) is 9.23 Å². The Hall–Kier alpha value is -0.220. The van der Waals surface area contributed by atoms with Gasteiger partial charge in [0.1, 0.15) is 5.75 Å². The smallest absolute Gasteiger partial charge is 0.124 e. The highest BCUT2D eigenvalue weighted by Crippen LogP contribution is 2.41. The Bertz CT molecular complexity index is 644. The molecule has 1 unspecified atom stereocenters. The molecule has 2 aromatic rings. The molecule has 0 bridgehead atoms. The molecule has 2 aromatic carbocycles. The van der Waals surface area contributed by atoms with E-state index in [1.807, 2.05) is 37.3 Å². The van der Waals surface area contributed by atoms with Gasteiger partial charge < -0.3 is 4.74 Å². The Balaban J connectivity index is 2.52. The van der Waals surface area contributed by atoms with Gasteiger partial charge in [0.05, 0.1) is 12.5 Å². The lowest BCUT2D eigenvalue weighted by Crippen LogP contribution is -1.99. The maximum atomic E-state index is 6.62. The summed E-state index contributed by atoms with van der Waals surface area (Å²) in [6.45, 7) is 2.01. The van der Waals surface area contributed by atoms with Gasteiger partial charge in [-0.3, -0.25) is 0 Å². The highest BCUT2D eigenvalue weighted by atomic mass is 79.9. The summed E-state index contributed by atoms with van der Waals surface area (Å²) in [4.78, 5) is 0. The largest absolute Gasteiger partial charge is 0.496 e. The second-order valence-corrected chi connectivity index (χ2v) is 6.95. The maximum Gasteiger partial charge on any atom is 0.124 e. The predicted octanol–water partition coefficient (Wildman–Crippen LogP) is 6.51. The third-order valence-corrected chi connectivity index (χ3v) is 5.27. The quantitative estimate of drug-likeness (QED) is 0.496. The van der Waals surface area contributed by atoms with Gasteiger partial charge in [0.2, 0.25) is 0 Å². The summed E-state index contributed by atoms with van der Waals surface area (Å²) in [7, 11) is 1.65. The van der Waals surface area contributed by atoms with Crippen LogP contribution in [-0.4, -0.2) is 7.11 Å². The number of halogens is 4.